The number of alkyl halides is 1. The Morgan fingerprint density at radius 1 is 0.950 bits per heavy atom. The second-order valence-corrected chi connectivity index (χ2v) is 7.43. The van der Waals surface area contributed by atoms with Crippen molar-refractivity contribution in [3.05, 3.63) is 35.4 Å². The van der Waals surface area contributed by atoms with E-state index in [1.54, 1.807) is 0 Å². The fourth-order valence-electron chi connectivity index (χ4n) is 2.17. The molecule has 0 aromatic heterocycles. The summed E-state index contributed by atoms with van der Waals surface area (Å²) in [5.74, 6) is 0.540. The number of aryl methyl sites for hydroxylation is 1. The molecule has 5 heteroatoms. The van der Waals surface area contributed by atoms with Crippen LogP contribution < -0.4 is 0 Å². The summed E-state index contributed by atoms with van der Waals surface area (Å²) in [6.45, 7) is 7.80. The molecule has 0 fully saturated rings. The lowest BCUT2D eigenvalue weighted by Gasteiger charge is -2.28. The lowest BCUT2D eigenvalue weighted by Crippen LogP contribution is -2.46. The Balaban J connectivity index is 2.72. The minimum atomic E-state index is -2.54. The van der Waals surface area contributed by atoms with Gasteiger partial charge in [-0.15, -0.1) is 11.6 Å². The van der Waals surface area contributed by atoms with Crippen LogP contribution >= 0.6 is 11.6 Å². The molecule has 0 radical (unpaired) electrons. The van der Waals surface area contributed by atoms with Gasteiger partial charge < -0.3 is 13.3 Å². The molecule has 114 valence electrons. The summed E-state index contributed by atoms with van der Waals surface area (Å²) in [5.41, 5.74) is 2.39. The molecule has 0 N–H and O–H groups in total. The monoisotopic (exact) mass is 316 g/mol. The molecule has 1 rings (SSSR count). The predicted octanol–water partition coefficient (Wildman–Crippen LogP) is 4.02. The van der Waals surface area contributed by atoms with Gasteiger partial charge in [0, 0.05) is 31.7 Å². The highest BCUT2D eigenvalue weighted by molar-refractivity contribution is 6.60. The van der Waals surface area contributed by atoms with Crippen LogP contribution in [0.3, 0.4) is 0 Å². The highest BCUT2D eigenvalue weighted by atomic mass is 35.5. The van der Waals surface area contributed by atoms with Crippen LogP contribution in [-0.2, 0) is 25.6 Å². The molecule has 3 nitrogen and oxygen atoms in total. The normalized spacial score (nSPS) is 11.8. The average molecular weight is 317 g/mol. The van der Waals surface area contributed by atoms with Gasteiger partial charge in [-0.2, -0.15) is 0 Å². The van der Waals surface area contributed by atoms with Crippen LogP contribution in [0.15, 0.2) is 24.3 Å². The molecule has 0 aliphatic carbocycles. The Hall–Kier alpha value is -0.393. The summed E-state index contributed by atoms with van der Waals surface area (Å²) in [6.07, 6.45) is 0.886. The maximum absolute atomic E-state index is 5.87. The Morgan fingerprint density at radius 2 is 1.50 bits per heavy atom. The third-order valence-corrected chi connectivity index (χ3v) is 6.31. The Labute approximate surface area is 128 Å². The van der Waals surface area contributed by atoms with Crippen LogP contribution in [0.4, 0.5) is 0 Å². The van der Waals surface area contributed by atoms with E-state index in [9.17, 15) is 0 Å². The molecule has 0 aliphatic heterocycles. The zero-order valence-corrected chi connectivity index (χ0v) is 14.4. The molecule has 1 aromatic carbocycles. The number of hydrogen-bond acceptors (Lipinski definition) is 3. The Morgan fingerprint density at radius 3 is 2.00 bits per heavy atom. The van der Waals surface area contributed by atoms with Gasteiger partial charge in [-0.05, 0) is 38.3 Å². The van der Waals surface area contributed by atoms with E-state index in [0.29, 0.717) is 25.7 Å². The summed E-state index contributed by atoms with van der Waals surface area (Å²) in [5, 5.41) is 0. The topological polar surface area (TPSA) is 27.7 Å². The second kappa shape index (κ2) is 9.53. The van der Waals surface area contributed by atoms with Crippen LogP contribution in [0.1, 0.15) is 31.9 Å². The molecule has 0 heterocycles. The number of rotatable bonds is 10. The molecule has 20 heavy (non-hydrogen) atoms. The zero-order chi connectivity index (χ0) is 14.8. The Bertz CT molecular complexity index is 370. The van der Waals surface area contributed by atoms with Gasteiger partial charge in [0.15, 0.2) is 0 Å². The molecular weight excluding hydrogens is 292 g/mol. The van der Waals surface area contributed by atoms with Crippen molar-refractivity contribution in [3.63, 3.8) is 0 Å². The average Bonchev–Trinajstić information content (AvgIpc) is 2.46. The number of halogens is 1. The van der Waals surface area contributed by atoms with E-state index in [1.165, 1.54) is 5.56 Å². The number of hydrogen-bond donors (Lipinski definition) is 0. The van der Waals surface area contributed by atoms with Crippen LogP contribution in [0.2, 0.25) is 6.04 Å². The van der Waals surface area contributed by atoms with E-state index in [4.69, 9.17) is 24.9 Å². The fraction of sp³-hybridized carbons (Fsp3) is 0.600. The maximum Gasteiger partial charge on any atom is 0.501 e. The minimum Gasteiger partial charge on any atom is -0.374 e. The first-order valence-corrected chi connectivity index (χ1v) is 9.72. The quantitative estimate of drug-likeness (QED) is 0.482. The van der Waals surface area contributed by atoms with Gasteiger partial charge in [-0.25, -0.2) is 0 Å². The molecule has 0 atom stereocenters. The molecule has 0 bridgehead atoms. The van der Waals surface area contributed by atoms with E-state index in [-0.39, 0.29) is 0 Å². The molecular formula is C15H25ClO3Si. The van der Waals surface area contributed by atoms with Crippen LogP contribution in [0.25, 0.3) is 0 Å². The van der Waals surface area contributed by atoms with Crippen LogP contribution in [0, 0.1) is 0 Å². The fourth-order valence-corrected chi connectivity index (χ4v) is 4.93. The van der Waals surface area contributed by atoms with Crippen molar-refractivity contribution in [1.29, 1.82) is 0 Å². The van der Waals surface area contributed by atoms with Crippen molar-refractivity contribution < 1.29 is 13.3 Å². The molecule has 0 amide bonds. The summed E-state index contributed by atoms with van der Waals surface area (Å²) < 4.78 is 17.6. The Kier molecular flexibility index (Phi) is 8.41. The maximum atomic E-state index is 5.87. The minimum absolute atomic E-state index is 0.540. The van der Waals surface area contributed by atoms with Crippen LogP contribution in [-0.4, -0.2) is 28.6 Å². The van der Waals surface area contributed by atoms with Crippen molar-refractivity contribution in [2.24, 2.45) is 0 Å². The predicted molar refractivity (Wildman–Crippen MR) is 85.1 cm³/mol. The van der Waals surface area contributed by atoms with Crippen molar-refractivity contribution in [2.45, 2.75) is 39.1 Å². The van der Waals surface area contributed by atoms with Gasteiger partial charge in [0.2, 0.25) is 0 Å². The third-order valence-electron chi connectivity index (χ3n) is 2.96. The first kappa shape index (κ1) is 17.7. The van der Waals surface area contributed by atoms with Crippen LogP contribution in [0.5, 0.6) is 0 Å². The molecule has 0 unspecified atom stereocenters. The summed E-state index contributed by atoms with van der Waals surface area (Å²) in [4.78, 5) is 0. The third kappa shape index (κ3) is 5.54. The van der Waals surface area contributed by atoms with E-state index in [1.807, 2.05) is 32.9 Å². The summed E-state index contributed by atoms with van der Waals surface area (Å²) >= 11 is 5.87. The standard InChI is InChI=1S/C15H25ClO3Si/c1-4-17-20(18-5-2,19-6-3)11-10-14-8-7-9-15(12-14)13-16/h7-9,12H,4-6,10-11,13H2,1-3H3. The van der Waals surface area contributed by atoms with E-state index in [2.05, 4.69) is 12.1 Å². The molecule has 0 spiro atoms. The smallest absolute Gasteiger partial charge is 0.374 e. The number of benzene rings is 1. The lowest BCUT2D eigenvalue weighted by atomic mass is 10.1. The molecule has 0 saturated heterocycles. The van der Waals surface area contributed by atoms with Crippen molar-refractivity contribution in [2.75, 3.05) is 19.8 Å². The van der Waals surface area contributed by atoms with E-state index in [0.717, 1.165) is 18.0 Å². The van der Waals surface area contributed by atoms with Gasteiger partial charge in [0.05, 0.1) is 0 Å². The van der Waals surface area contributed by atoms with Crippen molar-refractivity contribution >= 4 is 20.4 Å². The van der Waals surface area contributed by atoms with Gasteiger partial charge in [0.1, 0.15) is 0 Å². The summed E-state index contributed by atoms with van der Waals surface area (Å²) in [6, 6.07) is 9.12. The highest BCUT2D eigenvalue weighted by Gasteiger charge is 2.39. The highest BCUT2D eigenvalue weighted by Crippen LogP contribution is 2.20. The summed E-state index contributed by atoms with van der Waals surface area (Å²) in [7, 11) is -2.54. The zero-order valence-electron chi connectivity index (χ0n) is 12.7. The van der Waals surface area contributed by atoms with Gasteiger partial charge >= 0.3 is 8.80 Å². The van der Waals surface area contributed by atoms with Gasteiger partial charge in [-0.3, -0.25) is 0 Å². The molecule has 0 aliphatic rings. The molecule has 1 aromatic rings. The van der Waals surface area contributed by atoms with E-state index >= 15 is 0 Å². The second-order valence-electron chi connectivity index (χ2n) is 4.44. The van der Waals surface area contributed by atoms with Gasteiger partial charge in [0.25, 0.3) is 0 Å². The molecule has 0 saturated carbocycles. The first-order chi connectivity index (χ1) is 9.69. The van der Waals surface area contributed by atoms with Crippen molar-refractivity contribution in [3.8, 4) is 0 Å². The SMILES string of the molecule is CCO[Si](CCc1cccc(CCl)c1)(OCC)OCC. The lowest BCUT2D eigenvalue weighted by molar-refractivity contribution is 0.0714. The largest absolute Gasteiger partial charge is 0.501 e. The van der Waals surface area contributed by atoms with Crippen molar-refractivity contribution in [1.82, 2.24) is 0 Å². The first-order valence-electron chi connectivity index (χ1n) is 7.25. The van der Waals surface area contributed by atoms with Gasteiger partial charge in [-0.1, -0.05) is 24.3 Å². The van der Waals surface area contributed by atoms with E-state index < -0.39 is 8.80 Å².